The molecule has 0 aromatic carbocycles. The number of hydrogen-bond acceptors (Lipinski definition) is 3. The topological polar surface area (TPSA) is 25.8 Å². The molecule has 1 aromatic heterocycles. The van der Waals surface area contributed by atoms with Crippen molar-refractivity contribution in [3.8, 4) is 0 Å². The lowest BCUT2D eigenvalue weighted by Gasteiger charge is -2.10. The van der Waals surface area contributed by atoms with Crippen molar-refractivity contribution in [2.75, 3.05) is 6.26 Å². The SMILES string of the molecule is CCCCCCCCc1c(Cl)nc(SC)nc1CC. The molecule has 0 fully saturated rings. The van der Waals surface area contributed by atoms with Crippen LogP contribution in [0.25, 0.3) is 0 Å². The Hall–Kier alpha value is -0.280. The van der Waals surface area contributed by atoms with Crippen LogP contribution in [0.4, 0.5) is 0 Å². The van der Waals surface area contributed by atoms with Crippen molar-refractivity contribution in [2.24, 2.45) is 0 Å². The Labute approximate surface area is 126 Å². The number of aromatic nitrogens is 2. The molecular weight excluding hydrogens is 276 g/mol. The van der Waals surface area contributed by atoms with Crippen LogP contribution >= 0.6 is 23.4 Å². The Morgan fingerprint density at radius 1 is 1.00 bits per heavy atom. The van der Waals surface area contributed by atoms with Gasteiger partial charge in [-0.3, -0.25) is 0 Å². The molecule has 0 bridgehead atoms. The van der Waals surface area contributed by atoms with Crippen LogP contribution in [0.1, 0.15) is 63.6 Å². The van der Waals surface area contributed by atoms with E-state index in [4.69, 9.17) is 11.6 Å². The summed E-state index contributed by atoms with van der Waals surface area (Å²) in [7, 11) is 0. The van der Waals surface area contributed by atoms with E-state index >= 15 is 0 Å². The van der Waals surface area contributed by atoms with Crippen LogP contribution in [-0.4, -0.2) is 16.2 Å². The fraction of sp³-hybridized carbons (Fsp3) is 0.733. The summed E-state index contributed by atoms with van der Waals surface area (Å²) in [6.07, 6.45) is 11.7. The van der Waals surface area contributed by atoms with E-state index < -0.39 is 0 Å². The highest BCUT2D eigenvalue weighted by Gasteiger charge is 2.11. The average molecular weight is 301 g/mol. The van der Waals surface area contributed by atoms with Crippen molar-refractivity contribution in [3.63, 3.8) is 0 Å². The molecule has 19 heavy (non-hydrogen) atoms. The molecule has 2 nitrogen and oxygen atoms in total. The Morgan fingerprint density at radius 3 is 2.32 bits per heavy atom. The van der Waals surface area contributed by atoms with Crippen molar-refractivity contribution in [1.82, 2.24) is 9.97 Å². The van der Waals surface area contributed by atoms with Gasteiger partial charge in [-0.15, -0.1) is 0 Å². The van der Waals surface area contributed by atoms with E-state index in [1.54, 1.807) is 11.8 Å². The first kappa shape index (κ1) is 16.8. The summed E-state index contributed by atoms with van der Waals surface area (Å²) in [6.45, 7) is 4.38. The number of hydrogen-bond donors (Lipinski definition) is 0. The average Bonchev–Trinajstić information content (AvgIpc) is 2.43. The van der Waals surface area contributed by atoms with Crippen molar-refractivity contribution < 1.29 is 0 Å². The van der Waals surface area contributed by atoms with Crippen molar-refractivity contribution in [2.45, 2.75) is 70.4 Å². The van der Waals surface area contributed by atoms with Crippen LogP contribution in [0.15, 0.2) is 5.16 Å². The standard InChI is InChI=1S/C15H25ClN2S/c1-4-6-7-8-9-10-11-12-13(5-2)17-15(19-3)18-14(12)16/h4-11H2,1-3H3. The van der Waals surface area contributed by atoms with Crippen molar-refractivity contribution in [1.29, 1.82) is 0 Å². The van der Waals surface area contributed by atoms with E-state index in [0.717, 1.165) is 29.3 Å². The summed E-state index contributed by atoms with van der Waals surface area (Å²) < 4.78 is 0. The van der Waals surface area contributed by atoms with E-state index in [9.17, 15) is 0 Å². The Kier molecular flexibility index (Phi) is 8.47. The quantitative estimate of drug-likeness (QED) is 0.267. The largest absolute Gasteiger partial charge is 0.227 e. The van der Waals surface area contributed by atoms with Gasteiger partial charge in [-0.05, 0) is 25.5 Å². The fourth-order valence-electron chi connectivity index (χ4n) is 2.19. The first-order chi connectivity index (χ1) is 9.22. The van der Waals surface area contributed by atoms with Gasteiger partial charge in [-0.2, -0.15) is 0 Å². The highest BCUT2D eigenvalue weighted by atomic mass is 35.5. The predicted octanol–water partition coefficient (Wildman–Crippen LogP) is 5.32. The monoisotopic (exact) mass is 300 g/mol. The maximum absolute atomic E-state index is 6.29. The van der Waals surface area contributed by atoms with Gasteiger partial charge in [0.1, 0.15) is 5.15 Å². The highest BCUT2D eigenvalue weighted by Crippen LogP contribution is 2.23. The zero-order chi connectivity index (χ0) is 14.1. The summed E-state index contributed by atoms with van der Waals surface area (Å²) in [5, 5.41) is 1.44. The first-order valence-electron chi connectivity index (χ1n) is 7.32. The van der Waals surface area contributed by atoms with E-state index in [1.165, 1.54) is 38.5 Å². The van der Waals surface area contributed by atoms with E-state index in [1.807, 2.05) is 6.26 Å². The molecular formula is C15H25ClN2S. The Bertz CT molecular complexity index is 383. The fourth-order valence-corrected chi connectivity index (χ4v) is 2.91. The van der Waals surface area contributed by atoms with Gasteiger partial charge in [-0.25, -0.2) is 9.97 Å². The second kappa shape index (κ2) is 9.60. The van der Waals surface area contributed by atoms with Crippen LogP contribution in [0.5, 0.6) is 0 Å². The van der Waals surface area contributed by atoms with Gasteiger partial charge in [0.2, 0.25) is 0 Å². The first-order valence-corrected chi connectivity index (χ1v) is 8.92. The summed E-state index contributed by atoms with van der Waals surface area (Å²) >= 11 is 7.84. The second-order valence-electron chi connectivity index (χ2n) is 4.80. The molecule has 0 amide bonds. The Morgan fingerprint density at radius 2 is 1.68 bits per heavy atom. The third-order valence-corrected chi connectivity index (χ3v) is 4.18. The number of unbranched alkanes of at least 4 members (excludes halogenated alkanes) is 5. The van der Waals surface area contributed by atoms with Crippen LogP contribution in [0.3, 0.4) is 0 Å². The van der Waals surface area contributed by atoms with Gasteiger partial charge in [0.25, 0.3) is 0 Å². The molecule has 4 heteroatoms. The summed E-state index contributed by atoms with van der Waals surface area (Å²) in [5.41, 5.74) is 2.29. The molecule has 0 saturated carbocycles. The smallest absolute Gasteiger partial charge is 0.188 e. The van der Waals surface area contributed by atoms with Crippen LogP contribution in [0, 0.1) is 0 Å². The molecule has 0 radical (unpaired) electrons. The van der Waals surface area contributed by atoms with Crippen LogP contribution in [-0.2, 0) is 12.8 Å². The third-order valence-electron chi connectivity index (χ3n) is 3.32. The second-order valence-corrected chi connectivity index (χ2v) is 5.93. The summed E-state index contributed by atoms with van der Waals surface area (Å²) in [5.74, 6) is 0. The zero-order valence-corrected chi connectivity index (χ0v) is 13.9. The number of thioether (sulfide) groups is 1. The molecule has 0 unspecified atom stereocenters. The molecule has 0 saturated heterocycles. The molecule has 0 spiro atoms. The molecule has 1 rings (SSSR count). The summed E-state index contributed by atoms with van der Waals surface area (Å²) in [6, 6.07) is 0. The number of rotatable bonds is 9. The number of nitrogens with zero attached hydrogens (tertiary/aromatic N) is 2. The Balaban J connectivity index is 2.52. The minimum absolute atomic E-state index is 0.657. The van der Waals surface area contributed by atoms with Gasteiger partial charge in [0.05, 0.1) is 0 Å². The molecule has 1 heterocycles. The maximum Gasteiger partial charge on any atom is 0.188 e. The number of halogens is 1. The molecule has 0 N–H and O–H groups in total. The minimum Gasteiger partial charge on any atom is -0.227 e. The minimum atomic E-state index is 0.657. The molecule has 108 valence electrons. The van der Waals surface area contributed by atoms with Gasteiger partial charge in [0.15, 0.2) is 5.16 Å². The summed E-state index contributed by atoms with van der Waals surface area (Å²) in [4.78, 5) is 8.91. The van der Waals surface area contributed by atoms with Gasteiger partial charge < -0.3 is 0 Å². The van der Waals surface area contributed by atoms with Crippen molar-refractivity contribution in [3.05, 3.63) is 16.4 Å². The molecule has 1 aromatic rings. The lowest BCUT2D eigenvalue weighted by molar-refractivity contribution is 0.604. The van der Waals surface area contributed by atoms with Crippen molar-refractivity contribution >= 4 is 23.4 Å². The highest BCUT2D eigenvalue weighted by molar-refractivity contribution is 7.98. The third kappa shape index (κ3) is 5.70. The lowest BCUT2D eigenvalue weighted by atomic mass is 10.0. The van der Waals surface area contributed by atoms with Crippen LogP contribution in [0.2, 0.25) is 5.15 Å². The molecule has 0 aliphatic carbocycles. The molecule has 0 aliphatic heterocycles. The van der Waals surface area contributed by atoms with Gasteiger partial charge >= 0.3 is 0 Å². The molecule has 0 atom stereocenters. The normalized spacial score (nSPS) is 10.9. The zero-order valence-electron chi connectivity index (χ0n) is 12.3. The van der Waals surface area contributed by atoms with Gasteiger partial charge in [0, 0.05) is 11.3 Å². The predicted molar refractivity (Wildman–Crippen MR) is 85.3 cm³/mol. The van der Waals surface area contributed by atoms with E-state index in [2.05, 4.69) is 23.8 Å². The van der Waals surface area contributed by atoms with E-state index in [0.29, 0.717) is 5.15 Å². The maximum atomic E-state index is 6.29. The molecule has 0 aliphatic rings. The number of aryl methyl sites for hydroxylation is 1. The lowest BCUT2D eigenvalue weighted by Crippen LogP contribution is -2.02. The van der Waals surface area contributed by atoms with Crippen LogP contribution < -0.4 is 0 Å². The van der Waals surface area contributed by atoms with Gasteiger partial charge in [-0.1, -0.05) is 69.3 Å². The van der Waals surface area contributed by atoms with E-state index in [-0.39, 0.29) is 0 Å².